The first kappa shape index (κ1) is 38.3. The van der Waals surface area contributed by atoms with Crippen molar-refractivity contribution in [2.24, 2.45) is 0 Å². The highest BCUT2D eigenvalue weighted by Gasteiger charge is 2.25. The summed E-state index contributed by atoms with van der Waals surface area (Å²) in [7, 11) is 2.06. The first-order valence-electron chi connectivity index (χ1n) is 17.3. The summed E-state index contributed by atoms with van der Waals surface area (Å²) >= 11 is 0. The van der Waals surface area contributed by atoms with Gasteiger partial charge < -0.3 is 44.8 Å². The number of anilines is 1. The molecule has 1 fully saturated rings. The quantitative estimate of drug-likeness (QED) is 0.0900. The van der Waals surface area contributed by atoms with Gasteiger partial charge in [0.15, 0.2) is 18.5 Å². The average molecular weight is 687 g/mol. The molecule has 5 N–H and O–H groups in total. The molecule has 1 aliphatic heterocycles. The molecule has 0 bridgehead atoms. The van der Waals surface area contributed by atoms with Crippen molar-refractivity contribution in [3.8, 4) is 11.5 Å². The molecule has 4 aromatic rings. The van der Waals surface area contributed by atoms with Crippen molar-refractivity contribution >= 4 is 18.4 Å². The average Bonchev–Trinajstić information content (AvgIpc) is 3.64. The van der Waals surface area contributed by atoms with Gasteiger partial charge in [0.2, 0.25) is 5.89 Å². The number of nitrogens with zero attached hydrogens (tertiary/aromatic N) is 2. The lowest BCUT2D eigenvalue weighted by atomic mass is 10.0. The van der Waals surface area contributed by atoms with Gasteiger partial charge in [0, 0.05) is 31.6 Å². The minimum absolute atomic E-state index is 0.0970. The number of hydrogen-bond acceptors (Lipinski definition) is 10. The highest BCUT2D eigenvalue weighted by atomic mass is 16.5. The third-order valence-electron chi connectivity index (χ3n) is 8.70. The van der Waals surface area contributed by atoms with E-state index >= 15 is 0 Å². The van der Waals surface area contributed by atoms with E-state index in [1.54, 1.807) is 12.3 Å². The van der Waals surface area contributed by atoms with E-state index in [0.29, 0.717) is 36.7 Å². The van der Waals surface area contributed by atoms with E-state index < -0.39 is 12.2 Å². The monoisotopic (exact) mass is 686 g/mol. The highest BCUT2D eigenvalue weighted by Crippen LogP contribution is 2.41. The number of aliphatic hydroxyl groups excluding tert-OH is 2. The van der Waals surface area contributed by atoms with Gasteiger partial charge in [-0.25, -0.2) is 4.98 Å². The van der Waals surface area contributed by atoms with Crippen molar-refractivity contribution in [2.75, 3.05) is 38.6 Å². The summed E-state index contributed by atoms with van der Waals surface area (Å²) in [5, 5.41) is 37.0. The van der Waals surface area contributed by atoms with E-state index in [1.165, 1.54) is 55.7 Å². The number of benzene rings is 3. The molecule has 0 saturated heterocycles. The number of rotatable bonds is 13. The van der Waals surface area contributed by atoms with Gasteiger partial charge in [-0.1, -0.05) is 93.1 Å². The SMILES string of the molecule is C1CCCCC1.C=O.CN(CCc1cnc(C(O)c2ccccc2)o1)Cc1ccc(CCNCC(O)c2ccc(O)c3c2OCC(=O)N3)cc1. The van der Waals surface area contributed by atoms with Crippen molar-refractivity contribution < 1.29 is 34.1 Å². The number of carbonyl (C=O) groups excluding carboxylic acids is 2. The molecule has 2 unspecified atom stereocenters. The Balaban J connectivity index is 0.000000626. The number of fused-ring (bicyclic) bond motifs is 1. The Hall–Kier alpha value is -4.55. The molecule has 3 aromatic carbocycles. The Morgan fingerprint density at radius 1 is 0.920 bits per heavy atom. The zero-order valence-electron chi connectivity index (χ0n) is 28.9. The summed E-state index contributed by atoms with van der Waals surface area (Å²) in [6.07, 6.45) is 10.4. The molecule has 268 valence electrons. The number of phenolic OH excluding ortho intramolecular Hbond substituents is 1. The standard InChI is InChI=1S/C32H36N4O6.C6H12.CH2O/c1-36(16-14-24-17-34-32(42-24)30(40)23-5-3-2-4-6-23)19-22-9-7-21(8-10-22)13-15-33-18-27(38)25-11-12-26(37)29-31(25)41-20-28(39)35-29;1-2-4-6-5-3-1;1-2/h2-12,17,27,30,33,37-38,40H,13-16,18-20H2,1H3,(H,35,39);1-6H2;1H2. The topological polar surface area (TPSA) is 157 Å². The van der Waals surface area contributed by atoms with Gasteiger partial charge in [-0.2, -0.15) is 0 Å². The maximum absolute atomic E-state index is 11.6. The Morgan fingerprint density at radius 2 is 1.58 bits per heavy atom. The van der Waals surface area contributed by atoms with E-state index in [4.69, 9.17) is 13.9 Å². The van der Waals surface area contributed by atoms with E-state index in [0.717, 1.165) is 30.8 Å². The van der Waals surface area contributed by atoms with E-state index in [2.05, 4.69) is 51.8 Å². The van der Waals surface area contributed by atoms with Gasteiger partial charge in [-0.15, -0.1) is 0 Å². The van der Waals surface area contributed by atoms with Crippen LogP contribution in [-0.4, -0.2) is 71.2 Å². The predicted molar refractivity (Wildman–Crippen MR) is 192 cm³/mol. The Morgan fingerprint density at radius 3 is 2.26 bits per heavy atom. The Labute approximate surface area is 294 Å². The molecule has 50 heavy (non-hydrogen) atoms. The molecular formula is C39H50N4O7. The number of carbonyl (C=O) groups is 2. The fourth-order valence-electron chi connectivity index (χ4n) is 5.93. The van der Waals surface area contributed by atoms with Crippen LogP contribution in [0.1, 0.15) is 84.6 Å². The number of likely N-dealkylation sites (N-methyl/N-ethyl adjacent to an activating group) is 1. The van der Waals surface area contributed by atoms with Gasteiger partial charge in [0.25, 0.3) is 5.91 Å². The van der Waals surface area contributed by atoms with Crippen LogP contribution in [0.25, 0.3) is 0 Å². The number of nitrogens with one attached hydrogen (secondary N) is 2. The zero-order chi connectivity index (χ0) is 35.7. The Bertz CT molecular complexity index is 1580. The van der Waals surface area contributed by atoms with Gasteiger partial charge in [-0.05, 0) is 48.8 Å². The van der Waals surface area contributed by atoms with Crippen LogP contribution < -0.4 is 15.4 Å². The number of oxazole rings is 1. The minimum atomic E-state index is -0.874. The minimum Gasteiger partial charge on any atom is -0.506 e. The van der Waals surface area contributed by atoms with Crippen LogP contribution in [0, 0.1) is 0 Å². The van der Waals surface area contributed by atoms with E-state index in [1.807, 2.05) is 37.1 Å². The summed E-state index contributed by atoms with van der Waals surface area (Å²) in [4.78, 5) is 26.1. The molecule has 6 rings (SSSR count). The van der Waals surface area contributed by atoms with Crippen LogP contribution in [0.4, 0.5) is 5.69 Å². The first-order chi connectivity index (χ1) is 24.4. The number of phenols is 1. The van der Waals surface area contributed by atoms with Gasteiger partial charge in [-0.3, -0.25) is 4.79 Å². The lowest BCUT2D eigenvalue weighted by Gasteiger charge is -2.24. The van der Waals surface area contributed by atoms with Crippen molar-refractivity contribution in [3.63, 3.8) is 0 Å². The Kier molecular flexibility index (Phi) is 15.5. The number of ether oxygens (including phenoxy) is 1. The molecular weight excluding hydrogens is 636 g/mol. The van der Waals surface area contributed by atoms with E-state index in [-0.39, 0.29) is 24.0 Å². The maximum atomic E-state index is 11.6. The molecule has 1 aromatic heterocycles. The molecule has 1 amide bonds. The van der Waals surface area contributed by atoms with Crippen LogP contribution in [0.5, 0.6) is 11.5 Å². The van der Waals surface area contributed by atoms with Crippen molar-refractivity contribution in [1.82, 2.24) is 15.2 Å². The summed E-state index contributed by atoms with van der Waals surface area (Å²) in [6, 6.07) is 20.9. The molecule has 1 saturated carbocycles. The lowest BCUT2D eigenvalue weighted by Crippen LogP contribution is -2.28. The third-order valence-corrected chi connectivity index (χ3v) is 8.70. The number of aliphatic hydroxyl groups is 2. The molecule has 2 atom stereocenters. The fraction of sp³-hybridized carbons (Fsp3) is 0.410. The highest BCUT2D eigenvalue weighted by molar-refractivity contribution is 5.97. The third kappa shape index (κ3) is 11.5. The molecule has 11 nitrogen and oxygen atoms in total. The second-order valence-electron chi connectivity index (χ2n) is 12.6. The fourth-order valence-corrected chi connectivity index (χ4v) is 5.93. The normalized spacial score (nSPS) is 14.9. The largest absolute Gasteiger partial charge is 0.506 e. The molecule has 0 radical (unpaired) electrons. The number of amides is 1. The second kappa shape index (κ2) is 20.2. The maximum Gasteiger partial charge on any atom is 0.262 e. The van der Waals surface area contributed by atoms with Gasteiger partial charge in [0.1, 0.15) is 24.0 Å². The van der Waals surface area contributed by atoms with Crippen LogP contribution >= 0.6 is 0 Å². The number of aromatic hydroxyl groups is 1. The zero-order valence-corrected chi connectivity index (χ0v) is 28.9. The van der Waals surface area contributed by atoms with Crippen molar-refractivity contribution in [1.29, 1.82) is 0 Å². The predicted octanol–water partition coefficient (Wildman–Crippen LogP) is 5.49. The summed E-state index contributed by atoms with van der Waals surface area (Å²) in [6.45, 7) is 4.39. The summed E-state index contributed by atoms with van der Waals surface area (Å²) in [5.74, 6) is 0.907. The summed E-state index contributed by atoms with van der Waals surface area (Å²) in [5.41, 5.74) is 3.84. The molecule has 2 heterocycles. The lowest BCUT2D eigenvalue weighted by molar-refractivity contribution is -0.118. The van der Waals surface area contributed by atoms with Crippen LogP contribution in [0.3, 0.4) is 0 Å². The second-order valence-corrected chi connectivity index (χ2v) is 12.6. The number of hydrogen-bond donors (Lipinski definition) is 5. The summed E-state index contributed by atoms with van der Waals surface area (Å²) < 4.78 is 11.3. The van der Waals surface area contributed by atoms with Crippen LogP contribution in [0.15, 0.2) is 77.3 Å². The molecule has 2 aliphatic rings. The molecule has 11 heteroatoms. The number of aromatic nitrogens is 1. The molecule has 0 spiro atoms. The first-order valence-corrected chi connectivity index (χ1v) is 17.3. The van der Waals surface area contributed by atoms with Gasteiger partial charge >= 0.3 is 0 Å². The van der Waals surface area contributed by atoms with Gasteiger partial charge in [0.05, 0.1) is 12.3 Å². The van der Waals surface area contributed by atoms with Crippen LogP contribution in [-0.2, 0) is 29.0 Å². The molecule has 1 aliphatic carbocycles. The van der Waals surface area contributed by atoms with Crippen LogP contribution in [0.2, 0.25) is 0 Å². The van der Waals surface area contributed by atoms with Crippen molar-refractivity contribution in [2.45, 2.75) is 70.1 Å². The smallest absolute Gasteiger partial charge is 0.262 e. The van der Waals surface area contributed by atoms with Crippen molar-refractivity contribution in [3.05, 3.63) is 107 Å². The van der Waals surface area contributed by atoms with E-state index in [9.17, 15) is 20.1 Å².